The molecule has 13 heavy (non-hydrogen) atoms. The number of hydrogen-bond acceptors (Lipinski definition) is 1. The highest BCUT2D eigenvalue weighted by molar-refractivity contribution is 5.20. The van der Waals surface area contributed by atoms with Crippen LogP contribution in [0.3, 0.4) is 0 Å². The molecule has 0 aliphatic carbocycles. The van der Waals surface area contributed by atoms with Crippen LogP contribution in [-0.4, -0.2) is 5.11 Å². The predicted octanol–water partition coefficient (Wildman–Crippen LogP) is 2.80. The van der Waals surface area contributed by atoms with Crippen molar-refractivity contribution in [3.8, 4) is 0 Å². The molecule has 3 heteroatoms. The van der Waals surface area contributed by atoms with Crippen molar-refractivity contribution < 1.29 is 13.9 Å². The molecule has 0 unspecified atom stereocenters. The molecule has 0 radical (unpaired) electrons. The number of rotatable bonds is 3. The average Bonchev–Trinajstić information content (AvgIpc) is 2.04. The standard InChI is InChI=1S/C10H12F2O/c1-2-3-10(13)8-5-4-7(11)6-9(8)12/h4-6,10,13H,2-3H2,1H3/t10-/m0/s1. The predicted molar refractivity (Wildman–Crippen MR) is 46.2 cm³/mol. The Morgan fingerprint density at radius 1 is 1.38 bits per heavy atom. The number of benzene rings is 1. The van der Waals surface area contributed by atoms with Gasteiger partial charge in [-0.25, -0.2) is 8.78 Å². The van der Waals surface area contributed by atoms with Crippen molar-refractivity contribution >= 4 is 0 Å². The van der Waals surface area contributed by atoms with Crippen LogP contribution in [0.5, 0.6) is 0 Å². The number of aliphatic hydroxyl groups excluding tert-OH is 1. The normalized spacial score (nSPS) is 12.9. The molecule has 0 amide bonds. The van der Waals surface area contributed by atoms with Crippen LogP contribution in [0.4, 0.5) is 8.78 Å². The van der Waals surface area contributed by atoms with Crippen LogP contribution < -0.4 is 0 Å². The van der Waals surface area contributed by atoms with E-state index < -0.39 is 17.7 Å². The minimum atomic E-state index is -0.828. The topological polar surface area (TPSA) is 20.2 Å². The van der Waals surface area contributed by atoms with Gasteiger partial charge in [0.2, 0.25) is 0 Å². The van der Waals surface area contributed by atoms with E-state index >= 15 is 0 Å². The molecule has 0 aromatic heterocycles. The largest absolute Gasteiger partial charge is 0.388 e. The molecule has 0 fully saturated rings. The van der Waals surface area contributed by atoms with E-state index in [4.69, 9.17) is 0 Å². The third-order valence-corrected chi connectivity index (χ3v) is 1.88. The Morgan fingerprint density at radius 3 is 2.62 bits per heavy atom. The molecule has 1 nitrogen and oxygen atoms in total. The summed E-state index contributed by atoms with van der Waals surface area (Å²) in [7, 11) is 0. The van der Waals surface area contributed by atoms with Crippen molar-refractivity contribution in [2.45, 2.75) is 25.9 Å². The summed E-state index contributed by atoms with van der Waals surface area (Å²) < 4.78 is 25.5. The monoisotopic (exact) mass is 186 g/mol. The molecule has 1 atom stereocenters. The lowest BCUT2D eigenvalue weighted by atomic mass is 10.0. The maximum atomic E-state index is 13.0. The van der Waals surface area contributed by atoms with Gasteiger partial charge in [-0.2, -0.15) is 0 Å². The highest BCUT2D eigenvalue weighted by Gasteiger charge is 2.11. The molecule has 1 rings (SSSR count). The fourth-order valence-electron chi connectivity index (χ4n) is 1.20. The van der Waals surface area contributed by atoms with Gasteiger partial charge < -0.3 is 5.11 Å². The molecule has 0 saturated heterocycles. The van der Waals surface area contributed by atoms with Gasteiger partial charge in [0.25, 0.3) is 0 Å². The maximum absolute atomic E-state index is 13.0. The van der Waals surface area contributed by atoms with Crippen LogP contribution >= 0.6 is 0 Å². The molecule has 1 aromatic carbocycles. The smallest absolute Gasteiger partial charge is 0.131 e. The summed E-state index contributed by atoms with van der Waals surface area (Å²) in [4.78, 5) is 0. The first kappa shape index (κ1) is 10.1. The molecular formula is C10H12F2O. The first-order chi connectivity index (χ1) is 6.15. The lowest BCUT2D eigenvalue weighted by molar-refractivity contribution is 0.161. The van der Waals surface area contributed by atoms with E-state index in [2.05, 4.69) is 0 Å². The van der Waals surface area contributed by atoms with Crippen LogP contribution in [0.1, 0.15) is 31.4 Å². The fraction of sp³-hybridized carbons (Fsp3) is 0.400. The Morgan fingerprint density at radius 2 is 2.08 bits per heavy atom. The first-order valence-corrected chi connectivity index (χ1v) is 4.28. The van der Waals surface area contributed by atoms with Crippen LogP contribution in [0.15, 0.2) is 18.2 Å². The number of hydrogen-bond donors (Lipinski definition) is 1. The summed E-state index contributed by atoms with van der Waals surface area (Å²) in [5.41, 5.74) is 0.170. The Labute approximate surface area is 76.0 Å². The minimum Gasteiger partial charge on any atom is -0.388 e. The minimum absolute atomic E-state index is 0.170. The molecule has 0 aliphatic heterocycles. The van der Waals surface area contributed by atoms with Gasteiger partial charge in [-0.15, -0.1) is 0 Å². The van der Waals surface area contributed by atoms with E-state index in [-0.39, 0.29) is 5.56 Å². The highest BCUT2D eigenvalue weighted by Crippen LogP contribution is 2.21. The van der Waals surface area contributed by atoms with Crippen molar-refractivity contribution in [1.82, 2.24) is 0 Å². The van der Waals surface area contributed by atoms with E-state index in [9.17, 15) is 13.9 Å². The second kappa shape index (κ2) is 4.33. The van der Waals surface area contributed by atoms with E-state index in [1.165, 1.54) is 6.07 Å². The highest BCUT2D eigenvalue weighted by atomic mass is 19.1. The van der Waals surface area contributed by atoms with Gasteiger partial charge in [-0.3, -0.25) is 0 Å². The SMILES string of the molecule is CCC[C@H](O)c1ccc(F)cc1F. The van der Waals surface area contributed by atoms with Crippen molar-refractivity contribution in [2.75, 3.05) is 0 Å². The van der Waals surface area contributed by atoms with Crippen molar-refractivity contribution in [3.63, 3.8) is 0 Å². The summed E-state index contributed by atoms with van der Waals surface area (Å²) in [5.74, 6) is -1.30. The number of aliphatic hydroxyl groups is 1. The Balaban J connectivity index is 2.88. The number of halogens is 2. The Kier molecular flexibility index (Phi) is 3.37. The molecule has 0 heterocycles. The molecule has 0 spiro atoms. The van der Waals surface area contributed by atoms with Gasteiger partial charge in [0.15, 0.2) is 0 Å². The second-order valence-corrected chi connectivity index (χ2v) is 2.97. The van der Waals surface area contributed by atoms with Crippen molar-refractivity contribution in [1.29, 1.82) is 0 Å². The zero-order valence-corrected chi connectivity index (χ0v) is 7.43. The lowest BCUT2D eigenvalue weighted by Gasteiger charge is -2.10. The molecule has 0 bridgehead atoms. The Bertz CT molecular complexity index is 286. The van der Waals surface area contributed by atoms with Gasteiger partial charge in [-0.05, 0) is 12.5 Å². The van der Waals surface area contributed by atoms with Crippen LogP contribution in [-0.2, 0) is 0 Å². The van der Waals surface area contributed by atoms with Gasteiger partial charge >= 0.3 is 0 Å². The van der Waals surface area contributed by atoms with Gasteiger partial charge in [-0.1, -0.05) is 19.4 Å². The first-order valence-electron chi connectivity index (χ1n) is 4.28. The van der Waals surface area contributed by atoms with Crippen LogP contribution in [0.25, 0.3) is 0 Å². The summed E-state index contributed by atoms with van der Waals surface area (Å²) in [6.45, 7) is 1.89. The molecular weight excluding hydrogens is 174 g/mol. The average molecular weight is 186 g/mol. The molecule has 0 saturated carbocycles. The Hall–Kier alpha value is -0.960. The molecule has 72 valence electrons. The van der Waals surface area contributed by atoms with Crippen molar-refractivity contribution in [2.24, 2.45) is 0 Å². The van der Waals surface area contributed by atoms with Gasteiger partial charge in [0.1, 0.15) is 11.6 Å². The maximum Gasteiger partial charge on any atom is 0.131 e. The lowest BCUT2D eigenvalue weighted by Crippen LogP contribution is -2.00. The molecule has 0 aliphatic rings. The quantitative estimate of drug-likeness (QED) is 0.769. The summed E-state index contributed by atoms with van der Waals surface area (Å²) >= 11 is 0. The van der Waals surface area contributed by atoms with E-state index in [0.29, 0.717) is 6.42 Å². The van der Waals surface area contributed by atoms with E-state index in [0.717, 1.165) is 18.6 Å². The van der Waals surface area contributed by atoms with Gasteiger partial charge in [0, 0.05) is 11.6 Å². The third kappa shape index (κ3) is 2.49. The second-order valence-electron chi connectivity index (χ2n) is 2.97. The molecule has 1 N–H and O–H groups in total. The van der Waals surface area contributed by atoms with E-state index in [1.807, 2.05) is 6.92 Å². The fourth-order valence-corrected chi connectivity index (χ4v) is 1.20. The van der Waals surface area contributed by atoms with Crippen molar-refractivity contribution in [3.05, 3.63) is 35.4 Å². The molecule has 1 aromatic rings. The summed E-state index contributed by atoms with van der Waals surface area (Å²) in [5, 5.41) is 9.43. The van der Waals surface area contributed by atoms with Crippen LogP contribution in [0, 0.1) is 11.6 Å². The third-order valence-electron chi connectivity index (χ3n) is 1.88. The van der Waals surface area contributed by atoms with Gasteiger partial charge in [0.05, 0.1) is 6.10 Å². The van der Waals surface area contributed by atoms with Crippen LogP contribution in [0.2, 0.25) is 0 Å². The summed E-state index contributed by atoms with van der Waals surface area (Å²) in [6.07, 6.45) is 0.422. The zero-order chi connectivity index (χ0) is 9.84. The summed E-state index contributed by atoms with van der Waals surface area (Å²) in [6, 6.07) is 3.22. The van der Waals surface area contributed by atoms with E-state index in [1.54, 1.807) is 0 Å². The zero-order valence-electron chi connectivity index (χ0n) is 7.43.